The molecular formula is C20H21N3OS. The van der Waals surface area contributed by atoms with E-state index in [1.165, 1.54) is 11.1 Å². The quantitative estimate of drug-likeness (QED) is 0.704. The van der Waals surface area contributed by atoms with Crippen LogP contribution in [0.2, 0.25) is 0 Å². The van der Waals surface area contributed by atoms with E-state index in [4.69, 9.17) is 0 Å². The molecule has 0 saturated carbocycles. The molecule has 0 aliphatic carbocycles. The highest BCUT2D eigenvalue weighted by Crippen LogP contribution is 2.22. The van der Waals surface area contributed by atoms with Gasteiger partial charge in [0.15, 0.2) is 0 Å². The number of amides is 1. The summed E-state index contributed by atoms with van der Waals surface area (Å²) < 4.78 is 0. The molecule has 0 unspecified atom stereocenters. The first kappa shape index (κ1) is 17.3. The minimum atomic E-state index is 0.0881. The van der Waals surface area contributed by atoms with Gasteiger partial charge in [-0.3, -0.25) is 9.78 Å². The van der Waals surface area contributed by atoms with Gasteiger partial charge in [0.2, 0.25) is 5.91 Å². The van der Waals surface area contributed by atoms with Crippen molar-refractivity contribution in [1.29, 1.82) is 0 Å². The second-order valence-electron chi connectivity index (χ2n) is 5.97. The van der Waals surface area contributed by atoms with Crippen molar-refractivity contribution in [3.05, 3.63) is 71.0 Å². The third-order valence-electron chi connectivity index (χ3n) is 3.94. The van der Waals surface area contributed by atoms with Gasteiger partial charge in [-0.15, -0.1) is 11.3 Å². The molecule has 1 amide bonds. The number of hydrogen-bond acceptors (Lipinski definition) is 4. The van der Waals surface area contributed by atoms with Crippen LogP contribution in [0.15, 0.2) is 54.2 Å². The van der Waals surface area contributed by atoms with E-state index in [1.54, 1.807) is 23.7 Å². The Morgan fingerprint density at radius 3 is 2.60 bits per heavy atom. The highest BCUT2D eigenvalue weighted by Gasteiger charge is 2.06. The zero-order valence-electron chi connectivity index (χ0n) is 14.2. The minimum Gasteiger partial charge on any atom is -0.356 e. The van der Waals surface area contributed by atoms with Crippen LogP contribution >= 0.6 is 11.3 Å². The van der Waals surface area contributed by atoms with Crippen LogP contribution in [0.25, 0.3) is 10.6 Å². The number of aryl methyl sites for hydroxylation is 2. The topological polar surface area (TPSA) is 54.9 Å². The Morgan fingerprint density at radius 1 is 1.08 bits per heavy atom. The monoisotopic (exact) mass is 351 g/mol. The maximum absolute atomic E-state index is 12.0. The fraction of sp³-hybridized carbons (Fsp3) is 0.250. The molecule has 0 radical (unpaired) electrons. The lowest BCUT2D eigenvalue weighted by Gasteiger charge is -2.05. The van der Waals surface area contributed by atoms with Crippen molar-refractivity contribution in [2.45, 2.75) is 26.2 Å². The lowest BCUT2D eigenvalue weighted by atomic mass is 10.1. The van der Waals surface area contributed by atoms with Crippen molar-refractivity contribution in [2.24, 2.45) is 0 Å². The molecule has 2 aromatic heterocycles. The Kier molecular flexibility index (Phi) is 5.90. The van der Waals surface area contributed by atoms with Crippen LogP contribution in [-0.2, 0) is 17.6 Å². The predicted octanol–water partition coefficient (Wildman–Crippen LogP) is 3.81. The van der Waals surface area contributed by atoms with E-state index in [1.807, 2.05) is 17.5 Å². The molecule has 5 heteroatoms. The number of benzene rings is 1. The Morgan fingerprint density at radius 2 is 1.84 bits per heavy atom. The molecule has 2 heterocycles. The van der Waals surface area contributed by atoms with Gasteiger partial charge in [0, 0.05) is 42.7 Å². The largest absolute Gasteiger partial charge is 0.356 e. The second-order valence-corrected chi connectivity index (χ2v) is 6.82. The molecular weight excluding hydrogens is 330 g/mol. The normalized spacial score (nSPS) is 10.6. The Labute approximate surface area is 152 Å². The zero-order chi connectivity index (χ0) is 17.5. The molecule has 0 fully saturated rings. The zero-order valence-corrected chi connectivity index (χ0v) is 15.1. The molecule has 0 aliphatic rings. The van der Waals surface area contributed by atoms with Crippen LogP contribution in [0.5, 0.6) is 0 Å². The maximum atomic E-state index is 12.0. The number of nitrogens with one attached hydrogen (secondary N) is 1. The average molecular weight is 351 g/mol. The van der Waals surface area contributed by atoms with Crippen molar-refractivity contribution in [1.82, 2.24) is 15.3 Å². The molecule has 3 aromatic rings. The summed E-state index contributed by atoms with van der Waals surface area (Å²) in [5.41, 5.74) is 4.52. The summed E-state index contributed by atoms with van der Waals surface area (Å²) in [6, 6.07) is 12.2. The summed E-state index contributed by atoms with van der Waals surface area (Å²) in [6.07, 6.45) is 5.57. The van der Waals surface area contributed by atoms with Crippen LogP contribution in [-0.4, -0.2) is 22.4 Å². The molecule has 0 bridgehead atoms. The van der Waals surface area contributed by atoms with E-state index in [9.17, 15) is 4.79 Å². The maximum Gasteiger partial charge on any atom is 0.220 e. The SMILES string of the molecule is Cc1ccc(CCC(=O)NCCc2csc(-c3ccncc3)n2)cc1. The minimum absolute atomic E-state index is 0.0881. The van der Waals surface area contributed by atoms with Crippen LogP contribution in [0, 0.1) is 6.92 Å². The van der Waals surface area contributed by atoms with Crippen molar-refractivity contribution in [3.63, 3.8) is 0 Å². The van der Waals surface area contributed by atoms with E-state index < -0.39 is 0 Å². The van der Waals surface area contributed by atoms with E-state index in [2.05, 4.69) is 46.5 Å². The number of rotatable bonds is 7. The summed E-state index contributed by atoms with van der Waals surface area (Å²) in [5.74, 6) is 0.0881. The third kappa shape index (κ3) is 5.22. The first-order valence-corrected chi connectivity index (χ1v) is 9.26. The number of aromatic nitrogens is 2. The van der Waals surface area contributed by atoms with Crippen molar-refractivity contribution in [3.8, 4) is 10.6 Å². The molecule has 1 aromatic carbocycles. The Bertz CT molecular complexity index is 812. The van der Waals surface area contributed by atoms with Gasteiger partial charge in [0.1, 0.15) is 5.01 Å². The van der Waals surface area contributed by atoms with Crippen LogP contribution < -0.4 is 5.32 Å². The van der Waals surface area contributed by atoms with Gasteiger partial charge < -0.3 is 5.32 Å². The van der Waals surface area contributed by atoms with Crippen molar-refractivity contribution in [2.75, 3.05) is 6.54 Å². The first-order chi connectivity index (χ1) is 12.2. The number of carbonyl (C=O) groups is 1. The highest BCUT2D eigenvalue weighted by molar-refractivity contribution is 7.13. The molecule has 128 valence electrons. The fourth-order valence-corrected chi connectivity index (χ4v) is 3.34. The smallest absolute Gasteiger partial charge is 0.220 e. The molecule has 25 heavy (non-hydrogen) atoms. The van der Waals surface area contributed by atoms with Gasteiger partial charge in [-0.2, -0.15) is 0 Å². The number of carbonyl (C=O) groups excluding carboxylic acids is 1. The fourth-order valence-electron chi connectivity index (χ4n) is 2.48. The van der Waals surface area contributed by atoms with Crippen LogP contribution in [0.4, 0.5) is 0 Å². The molecule has 1 N–H and O–H groups in total. The molecule has 4 nitrogen and oxygen atoms in total. The summed E-state index contributed by atoms with van der Waals surface area (Å²) in [4.78, 5) is 20.6. The predicted molar refractivity (Wildman–Crippen MR) is 102 cm³/mol. The highest BCUT2D eigenvalue weighted by atomic mass is 32.1. The average Bonchev–Trinajstić information content (AvgIpc) is 3.11. The van der Waals surface area contributed by atoms with Gasteiger partial charge in [-0.1, -0.05) is 29.8 Å². The summed E-state index contributed by atoms with van der Waals surface area (Å²) in [5, 5.41) is 6.02. The number of nitrogens with zero attached hydrogens (tertiary/aromatic N) is 2. The molecule has 3 rings (SSSR count). The van der Waals surface area contributed by atoms with Gasteiger partial charge in [0.05, 0.1) is 5.69 Å². The summed E-state index contributed by atoms with van der Waals surface area (Å²) in [7, 11) is 0. The number of pyridine rings is 1. The van der Waals surface area contributed by atoms with E-state index in [-0.39, 0.29) is 5.91 Å². The van der Waals surface area contributed by atoms with Gasteiger partial charge >= 0.3 is 0 Å². The first-order valence-electron chi connectivity index (χ1n) is 8.38. The molecule has 0 spiro atoms. The lowest BCUT2D eigenvalue weighted by molar-refractivity contribution is -0.121. The Hall–Kier alpha value is -2.53. The number of hydrogen-bond donors (Lipinski definition) is 1. The molecule has 0 saturated heterocycles. The van der Waals surface area contributed by atoms with E-state index >= 15 is 0 Å². The van der Waals surface area contributed by atoms with E-state index in [0.29, 0.717) is 13.0 Å². The molecule has 0 atom stereocenters. The standard InChI is InChI=1S/C20H21N3OS/c1-15-2-4-16(5-3-15)6-7-19(24)22-13-10-18-14-25-20(23-18)17-8-11-21-12-9-17/h2-5,8-9,11-12,14H,6-7,10,13H2,1H3,(H,22,24). The van der Waals surface area contributed by atoms with E-state index in [0.717, 1.165) is 29.1 Å². The summed E-state index contributed by atoms with van der Waals surface area (Å²) >= 11 is 1.62. The van der Waals surface area contributed by atoms with Crippen molar-refractivity contribution < 1.29 is 4.79 Å². The lowest BCUT2D eigenvalue weighted by Crippen LogP contribution is -2.25. The summed E-state index contributed by atoms with van der Waals surface area (Å²) in [6.45, 7) is 2.68. The van der Waals surface area contributed by atoms with Crippen molar-refractivity contribution >= 4 is 17.2 Å². The second kappa shape index (κ2) is 8.53. The van der Waals surface area contributed by atoms with Gasteiger partial charge in [-0.05, 0) is 31.0 Å². The number of thiazole rings is 1. The molecule has 0 aliphatic heterocycles. The third-order valence-corrected chi connectivity index (χ3v) is 4.88. The van der Waals surface area contributed by atoms with Crippen LogP contribution in [0.3, 0.4) is 0 Å². The van der Waals surface area contributed by atoms with Gasteiger partial charge in [0.25, 0.3) is 0 Å². The Balaban J connectivity index is 1.41. The van der Waals surface area contributed by atoms with Gasteiger partial charge in [-0.25, -0.2) is 4.98 Å². The van der Waals surface area contributed by atoms with Crippen LogP contribution in [0.1, 0.15) is 23.2 Å².